The molecule has 0 bridgehead atoms. The number of pyridine rings is 2. The minimum atomic E-state index is -1.18. The third kappa shape index (κ3) is 2.00. The predicted molar refractivity (Wildman–Crippen MR) is 63.3 cm³/mol. The molecular weight excluding hydrogens is 220 g/mol. The maximum absolute atomic E-state index is 10.9. The smallest absolute Gasteiger partial charge is 0.356 e. The van der Waals surface area contributed by atoms with Crippen LogP contribution in [0.3, 0.4) is 0 Å². The van der Waals surface area contributed by atoms with E-state index >= 15 is 0 Å². The molecule has 2 aromatic rings. The van der Waals surface area contributed by atoms with E-state index in [2.05, 4.69) is 9.97 Å². The number of carboxylic acid groups (broad SMARTS) is 1. The van der Waals surface area contributed by atoms with Gasteiger partial charge in [-0.3, -0.25) is 4.98 Å². The number of anilines is 2. The van der Waals surface area contributed by atoms with Gasteiger partial charge in [0, 0.05) is 6.20 Å². The first-order chi connectivity index (χ1) is 8.09. The minimum Gasteiger partial charge on any atom is -0.476 e. The Hall–Kier alpha value is -2.63. The molecule has 0 spiro atoms. The van der Waals surface area contributed by atoms with Crippen LogP contribution in [0, 0.1) is 0 Å². The lowest BCUT2D eigenvalue weighted by Crippen LogP contribution is -2.07. The first-order valence-electron chi connectivity index (χ1n) is 4.80. The average molecular weight is 230 g/mol. The van der Waals surface area contributed by atoms with Crippen LogP contribution < -0.4 is 11.5 Å². The van der Waals surface area contributed by atoms with Gasteiger partial charge in [0.25, 0.3) is 0 Å². The average Bonchev–Trinajstić information content (AvgIpc) is 2.30. The summed E-state index contributed by atoms with van der Waals surface area (Å²) in [5.41, 5.74) is 12.4. The Labute approximate surface area is 96.9 Å². The summed E-state index contributed by atoms with van der Waals surface area (Å²) in [5.74, 6) is -1.18. The number of aromatic carboxylic acids is 1. The van der Waals surface area contributed by atoms with Crippen LogP contribution in [0.5, 0.6) is 0 Å². The second-order valence-corrected chi connectivity index (χ2v) is 3.38. The van der Waals surface area contributed by atoms with E-state index < -0.39 is 5.97 Å². The molecule has 6 nitrogen and oxygen atoms in total. The highest BCUT2D eigenvalue weighted by Gasteiger charge is 2.13. The molecular formula is C11H10N4O2. The minimum absolute atomic E-state index is 0.107. The Kier molecular flexibility index (Phi) is 2.61. The maximum Gasteiger partial charge on any atom is 0.356 e. The van der Waals surface area contributed by atoms with Crippen molar-refractivity contribution in [1.29, 1.82) is 0 Å². The number of nitrogen functional groups attached to an aromatic ring is 2. The van der Waals surface area contributed by atoms with Crippen molar-refractivity contribution in [3.05, 3.63) is 36.2 Å². The van der Waals surface area contributed by atoms with Crippen molar-refractivity contribution in [3.63, 3.8) is 0 Å². The molecule has 0 fully saturated rings. The summed E-state index contributed by atoms with van der Waals surface area (Å²) in [4.78, 5) is 18.9. The molecule has 5 N–H and O–H groups in total. The molecule has 2 heterocycles. The van der Waals surface area contributed by atoms with Crippen molar-refractivity contribution in [2.75, 3.05) is 11.5 Å². The number of nitrogens with zero attached hydrogens (tertiary/aromatic N) is 2. The van der Waals surface area contributed by atoms with E-state index in [1.807, 2.05) is 0 Å². The number of hydrogen-bond acceptors (Lipinski definition) is 5. The van der Waals surface area contributed by atoms with Crippen molar-refractivity contribution >= 4 is 17.3 Å². The van der Waals surface area contributed by atoms with Crippen molar-refractivity contribution < 1.29 is 9.90 Å². The van der Waals surface area contributed by atoms with E-state index in [-0.39, 0.29) is 11.4 Å². The molecule has 0 unspecified atom stereocenters. The fourth-order valence-corrected chi connectivity index (χ4v) is 1.40. The van der Waals surface area contributed by atoms with Crippen LogP contribution in [0.4, 0.5) is 11.4 Å². The summed E-state index contributed by atoms with van der Waals surface area (Å²) in [5, 5.41) is 8.91. The van der Waals surface area contributed by atoms with Gasteiger partial charge in [0.2, 0.25) is 0 Å². The fraction of sp³-hybridized carbons (Fsp3) is 0. The lowest BCUT2D eigenvalue weighted by atomic mass is 10.2. The zero-order valence-electron chi connectivity index (χ0n) is 8.79. The van der Waals surface area contributed by atoms with Gasteiger partial charge < -0.3 is 16.6 Å². The summed E-state index contributed by atoms with van der Waals surface area (Å²) in [6, 6.07) is 6.41. The Morgan fingerprint density at radius 2 is 1.94 bits per heavy atom. The van der Waals surface area contributed by atoms with E-state index in [9.17, 15) is 4.79 Å². The van der Waals surface area contributed by atoms with Crippen LogP contribution in [-0.4, -0.2) is 21.0 Å². The molecule has 6 heteroatoms. The van der Waals surface area contributed by atoms with Gasteiger partial charge in [-0.25, -0.2) is 9.78 Å². The molecule has 0 aliphatic heterocycles. The number of carbonyl (C=O) groups is 1. The van der Waals surface area contributed by atoms with Gasteiger partial charge in [-0.05, 0) is 24.3 Å². The quantitative estimate of drug-likeness (QED) is 0.709. The Morgan fingerprint density at radius 1 is 1.18 bits per heavy atom. The van der Waals surface area contributed by atoms with Crippen molar-refractivity contribution in [3.8, 4) is 11.4 Å². The van der Waals surface area contributed by atoms with E-state index in [1.165, 1.54) is 6.07 Å². The summed E-state index contributed by atoms with van der Waals surface area (Å²) in [7, 11) is 0. The van der Waals surface area contributed by atoms with E-state index in [4.69, 9.17) is 16.6 Å². The molecule has 0 saturated heterocycles. The van der Waals surface area contributed by atoms with Crippen molar-refractivity contribution in [1.82, 2.24) is 9.97 Å². The SMILES string of the molecule is Nc1ccc(-c2ncccc2N)nc1C(=O)O. The van der Waals surface area contributed by atoms with Gasteiger partial charge >= 0.3 is 5.97 Å². The topological polar surface area (TPSA) is 115 Å². The first kappa shape index (κ1) is 10.9. The summed E-state index contributed by atoms with van der Waals surface area (Å²) in [6.07, 6.45) is 1.56. The highest BCUT2D eigenvalue weighted by atomic mass is 16.4. The van der Waals surface area contributed by atoms with E-state index in [1.54, 1.807) is 24.4 Å². The summed E-state index contributed by atoms with van der Waals surface area (Å²) >= 11 is 0. The molecule has 0 amide bonds. The zero-order valence-corrected chi connectivity index (χ0v) is 8.79. The van der Waals surface area contributed by atoms with Crippen LogP contribution in [0.1, 0.15) is 10.5 Å². The highest BCUT2D eigenvalue weighted by Crippen LogP contribution is 2.23. The second kappa shape index (κ2) is 4.09. The van der Waals surface area contributed by atoms with Crippen molar-refractivity contribution in [2.24, 2.45) is 0 Å². The van der Waals surface area contributed by atoms with Gasteiger partial charge in [-0.15, -0.1) is 0 Å². The molecule has 86 valence electrons. The van der Waals surface area contributed by atoms with Gasteiger partial charge in [0.05, 0.1) is 17.1 Å². The Balaban J connectivity index is 2.58. The maximum atomic E-state index is 10.9. The molecule has 0 aliphatic carbocycles. The van der Waals surface area contributed by atoms with Crippen LogP contribution in [-0.2, 0) is 0 Å². The molecule has 2 rings (SSSR count). The third-order valence-corrected chi connectivity index (χ3v) is 2.21. The van der Waals surface area contributed by atoms with Crippen LogP contribution in [0.2, 0.25) is 0 Å². The number of hydrogen-bond donors (Lipinski definition) is 3. The normalized spacial score (nSPS) is 10.1. The lowest BCUT2D eigenvalue weighted by Gasteiger charge is -2.05. The van der Waals surface area contributed by atoms with Gasteiger partial charge in [0.1, 0.15) is 5.69 Å². The molecule has 17 heavy (non-hydrogen) atoms. The van der Waals surface area contributed by atoms with E-state index in [0.29, 0.717) is 17.1 Å². The lowest BCUT2D eigenvalue weighted by molar-refractivity contribution is 0.0692. The van der Waals surface area contributed by atoms with Gasteiger partial charge in [0.15, 0.2) is 5.69 Å². The molecule has 0 aliphatic rings. The van der Waals surface area contributed by atoms with Gasteiger partial charge in [-0.1, -0.05) is 0 Å². The molecule has 0 aromatic carbocycles. The van der Waals surface area contributed by atoms with Crippen LogP contribution >= 0.6 is 0 Å². The standard InChI is InChI=1S/C11H10N4O2/c12-6-2-1-5-14-9(6)8-4-3-7(13)10(15-8)11(16)17/h1-5H,12-13H2,(H,16,17). The number of rotatable bonds is 2. The predicted octanol–water partition coefficient (Wildman–Crippen LogP) is 1.01. The largest absolute Gasteiger partial charge is 0.476 e. The summed E-state index contributed by atoms with van der Waals surface area (Å²) in [6.45, 7) is 0. The fourth-order valence-electron chi connectivity index (χ4n) is 1.40. The third-order valence-electron chi connectivity index (χ3n) is 2.21. The number of aromatic nitrogens is 2. The van der Waals surface area contributed by atoms with Crippen molar-refractivity contribution in [2.45, 2.75) is 0 Å². The molecule has 0 atom stereocenters. The van der Waals surface area contributed by atoms with Crippen LogP contribution in [0.15, 0.2) is 30.5 Å². The second-order valence-electron chi connectivity index (χ2n) is 3.38. The molecule has 2 aromatic heterocycles. The Morgan fingerprint density at radius 3 is 2.59 bits per heavy atom. The molecule has 0 saturated carbocycles. The highest BCUT2D eigenvalue weighted by molar-refractivity contribution is 5.92. The van der Waals surface area contributed by atoms with Crippen LogP contribution in [0.25, 0.3) is 11.4 Å². The first-order valence-corrected chi connectivity index (χ1v) is 4.80. The van der Waals surface area contributed by atoms with E-state index in [0.717, 1.165) is 0 Å². The van der Waals surface area contributed by atoms with Gasteiger partial charge in [-0.2, -0.15) is 0 Å². The monoisotopic (exact) mass is 230 g/mol. The zero-order chi connectivity index (χ0) is 12.4. The number of carboxylic acids is 1. The number of nitrogens with two attached hydrogens (primary N) is 2. The Bertz CT molecular complexity index is 583. The summed E-state index contributed by atoms with van der Waals surface area (Å²) < 4.78 is 0. The molecule has 0 radical (unpaired) electrons.